The van der Waals surface area contributed by atoms with Crippen LogP contribution in [0.5, 0.6) is 17.2 Å². The highest BCUT2D eigenvalue weighted by Gasteiger charge is 2.16. The van der Waals surface area contributed by atoms with Gasteiger partial charge in [-0.3, -0.25) is 4.79 Å². The molecule has 0 bridgehead atoms. The van der Waals surface area contributed by atoms with Crippen LogP contribution >= 0.6 is 0 Å². The summed E-state index contributed by atoms with van der Waals surface area (Å²) in [5.41, 5.74) is 1.04. The smallest absolute Gasteiger partial charge is 0.387 e. The molecule has 5 nitrogen and oxygen atoms in total. The number of rotatable bonds is 6. The van der Waals surface area contributed by atoms with Gasteiger partial charge in [0, 0.05) is 6.54 Å². The molecule has 126 valence electrons. The quantitative estimate of drug-likeness (QED) is 0.882. The molecule has 1 aliphatic rings. The first-order valence-corrected chi connectivity index (χ1v) is 7.34. The zero-order valence-corrected chi connectivity index (χ0v) is 12.6. The zero-order valence-electron chi connectivity index (χ0n) is 12.6. The maximum absolute atomic E-state index is 12.4. The second kappa shape index (κ2) is 7.16. The molecule has 0 saturated heterocycles. The predicted octanol–water partition coefficient (Wildman–Crippen LogP) is 2.99. The Morgan fingerprint density at radius 3 is 2.79 bits per heavy atom. The van der Waals surface area contributed by atoms with Gasteiger partial charge in [-0.1, -0.05) is 18.2 Å². The molecular formula is C17H15F2NO4. The van der Waals surface area contributed by atoms with E-state index in [0.29, 0.717) is 24.5 Å². The van der Waals surface area contributed by atoms with Gasteiger partial charge < -0.3 is 19.5 Å². The molecule has 1 aliphatic heterocycles. The maximum Gasteiger partial charge on any atom is 0.387 e. The Hall–Kier alpha value is -2.83. The molecule has 1 N–H and O–H groups in total. The van der Waals surface area contributed by atoms with Crippen molar-refractivity contribution in [1.29, 1.82) is 0 Å². The van der Waals surface area contributed by atoms with E-state index in [2.05, 4.69) is 10.1 Å². The third-order valence-electron chi connectivity index (χ3n) is 3.48. The van der Waals surface area contributed by atoms with Crippen molar-refractivity contribution in [2.75, 3.05) is 13.3 Å². The molecule has 0 fully saturated rings. The Morgan fingerprint density at radius 2 is 1.96 bits per heavy atom. The molecule has 0 saturated carbocycles. The topological polar surface area (TPSA) is 56.8 Å². The fourth-order valence-corrected chi connectivity index (χ4v) is 2.37. The molecule has 2 aromatic carbocycles. The van der Waals surface area contributed by atoms with Crippen molar-refractivity contribution in [2.24, 2.45) is 0 Å². The highest BCUT2D eigenvalue weighted by Crippen LogP contribution is 2.32. The van der Waals surface area contributed by atoms with Gasteiger partial charge in [-0.2, -0.15) is 8.78 Å². The van der Waals surface area contributed by atoms with Gasteiger partial charge in [0.05, 0.1) is 5.56 Å². The van der Waals surface area contributed by atoms with Crippen molar-refractivity contribution in [1.82, 2.24) is 5.32 Å². The highest BCUT2D eigenvalue weighted by atomic mass is 19.3. The van der Waals surface area contributed by atoms with Crippen molar-refractivity contribution in [3.63, 3.8) is 0 Å². The second-order valence-electron chi connectivity index (χ2n) is 5.07. The molecule has 1 amide bonds. The van der Waals surface area contributed by atoms with E-state index in [9.17, 15) is 13.6 Å². The van der Waals surface area contributed by atoms with E-state index in [4.69, 9.17) is 9.47 Å². The largest absolute Gasteiger partial charge is 0.454 e. The van der Waals surface area contributed by atoms with Gasteiger partial charge in [-0.15, -0.1) is 0 Å². The maximum atomic E-state index is 12.4. The van der Waals surface area contributed by atoms with E-state index < -0.39 is 12.5 Å². The minimum absolute atomic E-state index is 0.0727. The number of alkyl halides is 2. The average Bonchev–Trinajstić information content (AvgIpc) is 3.02. The summed E-state index contributed by atoms with van der Waals surface area (Å²) in [7, 11) is 0. The van der Waals surface area contributed by atoms with Crippen LogP contribution in [0.2, 0.25) is 0 Å². The molecule has 0 unspecified atom stereocenters. The summed E-state index contributed by atoms with van der Waals surface area (Å²) in [5.74, 6) is 0.760. The van der Waals surface area contributed by atoms with Crippen molar-refractivity contribution in [2.45, 2.75) is 13.0 Å². The molecule has 2 aromatic rings. The number of carbonyl (C=O) groups excluding carboxylic acids is 1. The van der Waals surface area contributed by atoms with Crippen LogP contribution in [0, 0.1) is 0 Å². The van der Waals surface area contributed by atoms with Gasteiger partial charge in [0.2, 0.25) is 6.79 Å². The Labute approximate surface area is 137 Å². The summed E-state index contributed by atoms with van der Waals surface area (Å²) in [5, 5.41) is 2.69. The molecule has 0 radical (unpaired) electrons. The minimum atomic E-state index is -2.98. The number of nitrogens with one attached hydrogen (secondary N) is 1. The molecule has 0 aromatic heterocycles. The Bertz CT molecular complexity index is 736. The lowest BCUT2D eigenvalue weighted by Crippen LogP contribution is -2.26. The highest BCUT2D eigenvalue weighted by molar-refractivity contribution is 5.96. The van der Waals surface area contributed by atoms with E-state index in [0.717, 1.165) is 5.56 Å². The summed E-state index contributed by atoms with van der Waals surface area (Å²) >= 11 is 0. The summed E-state index contributed by atoms with van der Waals surface area (Å²) < 4.78 is 39.6. The van der Waals surface area contributed by atoms with E-state index >= 15 is 0 Å². The summed E-state index contributed by atoms with van der Waals surface area (Å²) in [4.78, 5) is 12.1. The summed E-state index contributed by atoms with van der Waals surface area (Å²) in [6, 6.07) is 11.4. The normalized spacial score (nSPS) is 12.3. The number of amides is 1. The first-order chi connectivity index (χ1) is 11.6. The van der Waals surface area contributed by atoms with E-state index in [-0.39, 0.29) is 18.1 Å². The Balaban J connectivity index is 1.58. The lowest BCUT2D eigenvalue weighted by molar-refractivity contribution is -0.0501. The number of hydrogen-bond acceptors (Lipinski definition) is 4. The molecular weight excluding hydrogens is 320 g/mol. The van der Waals surface area contributed by atoms with Crippen LogP contribution in [0.15, 0.2) is 42.5 Å². The molecule has 24 heavy (non-hydrogen) atoms. The third-order valence-corrected chi connectivity index (χ3v) is 3.48. The van der Waals surface area contributed by atoms with Gasteiger partial charge in [0.15, 0.2) is 11.5 Å². The van der Waals surface area contributed by atoms with Gasteiger partial charge in [0.1, 0.15) is 5.75 Å². The fraction of sp³-hybridized carbons (Fsp3) is 0.235. The first-order valence-electron chi connectivity index (χ1n) is 7.34. The molecule has 1 heterocycles. The van der Waals surface area contributed by atoms with Crippen molar-refractivity contribution < 1.29 is 27.8 Å². The van der Waals surface area contributed by atoms with Crippen LogP contribution in [-0.4, -0.2) is 25.9 Å². The van der Waals surface area contributed by atoms with Crippen LogP contribution in [0.25, 0.3) is 0 Å². The van der Waals surface area contributed by atoms with Gasteiger partial charge in [-0.05, 0) is 36.2 Å². The standard InChI is InChI=1S/C17H15F2NO4/c18-17(19)24-13-4-2-1-3-12(13)16(21)20-8-7-11-5-6-14-15(9-11)23-10-22-14/h1-6,9,17H,7-8,10H2,(H,20,21). The molecule has 0 atom stereocenters. The molecule has 0 spiro atoms. The Morgan fingerprint density at radius 1 is 1.17 bits per heavy atom. The van der Waals surface area contributed by atoms with Crippen LogP contribution in [0.1, 0.15) is 15.9 Å². The monoisotopic (exact) mass is 335 g/mol. The van der Waals surface area contributed by atoms with Crippen LogP contribution in [0.4, 0.5) is 8.78 Å². The van der Waals surface area contributed by atoms with Crippen LogP contribution in [0.3, 0.4) is 0 Å². The molecule has 0 aliphatic carbocycles. The fourth-order valence-electron chi connectivity index (χ4n) is 2.37. The zero-order chi connectivity index (χ0) is 16.9. The number of carbonyl (C=O) groups is 1. The van der Waals surface area contributed by atoms with Crippen LogP contribution in [-0.2, 0) is 6.42 Å². The lowest BCUT2D eigenvalue weighted by atomic mass is 10.1. The predicted molar refractivity (Wildman–Crippen MR) is 81.7 cm³/mol. The minimum Gasteiger partial charge on any atom is -0.454 e. The average molecular weight is 335 g/mol. The van der Waals surface area contributed by atoms with Gasteiger partial charge in [0.25, 0.3) is 5.91 Å². The molecule has 3 rings (SSSR count). The number of hydrogen-bond donors (Lipinski definition) is 1. The first kappa shape index (κ1) is 16.0. The number of benzene rings is 2. The molecule has 7 heteroatoms. The van der Waals surface area contributed by atoms with Crippen molar-refractivity contribution >= 4 is 5.91 Å². The van der Waals surface area contributed by atoms with Gasteiger partial charge >= 0.3 is 6.61 Å². The Kier molecular flexibility index (Phi) is 4.79. The lowest BCUT2D eigenvalue weighted by Gasteiger charge is -2.11. The van der Waals surface area contributed by atoms with Crippen molar-refractivity contribution in [3.05, 3.63) is 53.6 Å². The van der Waals surface area contributed by atoms with Crippen molar-refractivity contribution in [3.8, 4) is 17.2 Å². The SMILES string of the molecule is O=C(NCCc1ccc2c(c1)OCO2)c1ccccc1OC(F)F. The number of halogens is 2. The summed E-state index contributed by atoms with van der Waals surface area (Å²) in [6.45, 7) is -2.43. The third kappa shape index (κ3) is 3.73. The number of fused-ring (bicyclic) bond motifs is 1. The van der Waals surface area contributed by atoms with E-state index in [1.54, 1.807) is 6.07 Å². The number of ether oxygens (including phenoxy) is 3. The van der Waals surface area contributed by atoms with E-state index in [1.807, 2.05) is 18.2 Å². The van der Waals surface area contributed by atoms with Gasteiger partial charge in [-0.25, -0.2) is 0 Å². The second-order valence-corrected chi connectivity index (χ2v) is 5.07. The van der Waals surface area contributed by atoms with Crippen LogP contribution < -0.4 is 19.5 Å². The number of para-hydroxylation sites is 1. The van der Waals surface area contributed by atoms with E-state index in [1.165, 1.54) is 18.2 Å². The summed E-state index contributed by atoms with van der Waals surface area (Å²) in [6.07, 6.45) is 0.570.